The number of amides is 2. The molecular weight excluding hydrogens is 559 g/mol. The van der Waals surface area contributed by atoms with Gasteiger partial charge in [-0.2, -0.15) is 0 Å². The quantitative estimate of drug-likeness (QED) is 0.351. The highest BCUT2D eigenvalue weighted by Crippen LogP contribution is 2.65. The first-order chi connectivity index (χ1) is 20.9. The van der Waals surface area contributed by atoms with Crippen molar-refractivity contribution in [3.8, 4) is 0 Å². The number of nitrogens with one attached hydrogen (secondary N) is 2. The predicted octanol–water partition coefficient (Wildman–Crippen LogP) is 3.34. The van der Waals surface area contributed by atoms with Crippen LogP contribution in [0.25, 0.3) is 0 Å². The second kappa shape index (κ2) is 11.4. The molecule has 1 unspecified atom stereocenters. The average molecular weight is 603 g/mol. The number of carbonyl (C=O) groups is 2. The second-order valence-corrected chi connectivity index (χ2v) is 14.1. The van der Waals surface area contributed by atoms with Gasteiger partial charge in [-0.15, -0.1) is 0 Å². The molecule has 3 aliphatic carbocycles. The van der Waals surface area contributed by atoms with Gasteiger partial charge in [0.15, 0.2) is 11.5 Å². The fourth-order valence-corrected chi connectivity index (χ4v) is 7.77. The Morgan fingerprint density at radius 3 is 2.57 bits per heavy atom. The van der Waals surface area contributed by atoms with Crippen LogP contribution in [-0.2, 0) is 25.4 Å². The lowest BCUT2D eigenvalue weighted by molar-refractivity contribution is -0.199. The summed E-state index contributed by atoms with van der Waals surface area (Å²) in [5.74, 6) is 0.245. The summed E-state index contributed by atoms with van der Waals surface area (Å²) in [4.78, 5) is 40.9. The summed E-state index contributed by atoms with van der Waals surface area (Å²) < 4.78 is 13.4. The Kier molecular flexibility index (Phi) is 7.94. The Hall–Kier alpha value is -3.51. The van der Waals surface area contributed by atoms with E-state index in [1.165, 1.54) is 12.4 Å². The number of nitrogens with two attached hydrogens (primary N) is 1. The molecular formula is C32H43BN6O5. The standard InChI is InChI=1S/C32H43BN6O5/c1-19(2)13-25(33-42-24-15-21-14-23(30(21,3)4)31(24,5)43-33)38-29(41)32(16-20-9-7-6-8-10-20)17-22(39-44-32)18-37-28(40)26-27(34)36-12-11-35-26/h6-12,19,21,23-25H,13-18H2,1-5H3,(H2,34,36)(H,37,40)(H,38,41)/t21-,23-,24+,25-,31-,32?/m0/s1. The summed E-state index contributed by atoms with van der Waals surface area (Å²) in [6.45, 7) is 11.2. The van der Waals surface area contributed by atoms with Gasteiger partial charge in [0.2, 0.25) is 5.60 Å². The third-order valence-corrected chi connectivity index (χ3v) is 10.3. The van der Waals surface area contributed by atoms with E-state index in [1.807, 2.05) is 30.3 Å². The molecule has 1 aromatic carbocycles. The van der Waals surface area contributed by atoms with Crippen LogP contribution in [0.1, 0.15) is 76.4 Å². The Morgan fingerprint density at radius 2 is 1.86 bits per heavy atom. The van der Waals surface area contributed by atoms with Crippen molar-refractivity contribution in [1.82, 2.24) is 20.6 Å². The van der Waals surface area contributed by atoms with Crippen LogP contribution < -0.4 is 16.4 Å². The van der Waals surface area contributed by atoms with Crippen molar-refractivity contribution in [2.45, 2.75) is 90.0 Å². The van der Waals surface area contributed by atoms with Crippen LogP contribution in [0.3, 0.4) is 0 Å². The minimum atomic E-state index is -1.30. The lowest BCUT2D eigenvalue weighted by Gasteiger charge is -2.64. The van der Waals surface area contributed by atoms with Crippen molar-refractivity contribution >= 4 is 30.5 Å². The van der Waals surface area contributed by atoms with Crippen molar-refractivity contribution < 1.29 is 23.7 Å². The number of aromatic nitrogens is 2. The summed E-state index contributed by atoms with van der Waals surface area (Å²) in [6, 6.07) is 9.72. The zero-order valence-electron chi connectivity index (χ0n) is 26.2. The smallest absolute Gasteiger partial charge is 0.404 e. The second-order valence-electron chi connectivity index (χ2n) is 14.1. The lowest BCUT2D eigenvalue weighted by Crippen LogP contribution is -2.65. The van der Waals surface area contributed by atoms with Gasteiger partial charge < -0.3 is 30.5 Å². The highest BCUT2D eigenvalue weighted by Gasteiger charge is 2.68. The number of benzene rings is 1. The molecule has 1 saturated heterocycles. The minimum Gasteiger partial charge on any atom is -0.404 e. The molecule has 12 heteroatoms. The highest BCUT2D eigenvalue weighted by atomic mass is 16.7. The molecule has 44 heavy (non-hydrogen) atoms. The molecule has 4 N–H and O–H groups in total. The van der Waals surface area contributed by atoms with Gasteiger partial charge in [0.1, 0.15) is 0 Å². The highest BCUT2D eigenvalue weighted by molar-refractivity contribution is 6.48. The Labute approximate surface area is 259 Å². The third-order valence-electron chi connectivity index (χ3n) is 10.3. The van der Waals surface area contributed by atoms with E-state index < -0.39 is 18.6 Å². The molecule has 3 heterocycles. The van der Waals surface area contributed by atoms with Crippen LogP contribution in [0.2, 0.25) is 0 Å². The Bertz CT molecular complexity index is 1440. The number of oxime groups is 1. The SMILES string of the molecule is CC(C)C[C@H](NC(=O)C1(Cc2ccccc2)CC(CNC(=O)c2nccnc2N)=NO1)B1O[C@@H]2C[C@@H]3C[C@@H](C3(C)C)[C@]2(C)O1. The fourth-order valence-electron chi connectivity index (χ4n) is 7.77. The van der Waals surface area contributed by atoms with Gasteiger partial charge >= 0.3 is 7.12 Å². The maximum atomic E-state index is 14.3. The van der Waals surface area contributed by atoms with Crippen LogP contribution in [0.15, 0.2) is 47.9 Å². The maximum Gasteiger partial charge on any atom is 0.481 e. The number of nitrogens with zero attached hydrogens (tertiary/aromatic N) is 3. The number of hydrogen-bond acceptors (Lipinski definition) is 9. The molecule has 4 fully saturated rings. The van der Waals surface area contributed by atoms with Crippen LogP contribution in [-0.4, -0.2) is 64.4 Å². The van der Waals surface area contributed by atoms with Crippen LogP contribution >= 0.6 is 0 Å². The summed E-state index contributed by atoms with van der Waals surface area (Å²) in [6.07, 6.45) is 6.15. The van der Waals surface area contributed by atoms with E-state index in [9.17, 15) is 9.59 Å². The van der Waals surface area contributed by atoms with Crippen molar-refractivity contribution in [2.24, 2.45) is 28.3 Å². The molecule has 234 valence electrons. The Balaban J connectivity index is 1.18. The molecule has 11 nitrogen and oxygen atoms in total. The summed E-state index contributed by atoms with van der Waals surface area (Å²) >= 11 is 0. The van der Waals surface area contributed by atoms with Crippen LogP contribution in [0, 0.1) is 23.2 Å². The molecule has 1 aromatic heterocycles. The monoisotopic (exact) mass is 602 g/mol. The van der Waals surface area contributed by atoms with E-state index >= 15 is 0 Å². The zero-order chi connectivity index (χ0) is 31.3. The topological polar surface area (TPSA) is 150 Å². The van der Waals surface area contributed by atoms with Gasteiger partial charge in [-0.05, 0) is 54.9 Å². The minimum absolute atomic E-state index is 0.0127. The van der Waals surface area contributed by atoms with E-state index in [-0.39, 0.29) is 59.4 Å². The number of rotatable bonds is 10. The normalized spacial score (nSPS) is 30.5. The van der Waals surface area contributed by atoms with E-state index in [0.29, 0.717) is 30.4 Å². The molecule has 3 saturated carbocycles. The molecule has 2 aromatic rings. The largest absolute Gasteiger partial charge is 0.481 e. The zero-order valence-corrected chi connectivity index (χ0v) is 26.2. The van der Waals surface area contributed by atoms with Gasteiger partial charge in [-0.3, -0.25) is 9.59 Å². The first-order valence-electron chi connectivity index (χ1n) is 15.7. The molecule has 2 bridgehead atoms. The molecule has 7 rings (SSSR count). The first-order valence-corrected chi connectivity index (χ1v) is 15.7. The number of carbonyl (C=O) groups excluding carboxylic acids is 2. The molecule has 0 radical (unpaired) electrons. The molecule has 0 spiro atoms. The number of anilines is 1. The van der Waals surface area contributed by atoms with E-state index in [4.69, 9.17) is 19.9 Å². The number of hydrogen-bond donors (Lipinski definition) is 3. The molecule has 2 amide bonds. The first kappa shape index (κ1) is 30.5. The summed E-state index contributed by atoms with van der Waals surface area (Å²) in [7, 11) is -0.557. The molecule has 6 atom stereocenters. The van der Waals surface area contributed by atoms with Crippen LogP contribution in [0.5, 0.6) is 0 Å². The summed E-state index contributed by atoms with van der Waals surface area (Å²) in [5, 5.41) is 10.3. The van der Waals surface area contributed by atoms with E-state index in [0.717, 1.165) is 18.4 Å². The average Bonchev–Trinajstić information content (AvgIpc) is 3.57. The van der Waals surface area contributed by atoms with Gasteiger partial charge in [0, 0.05) is 25.2 Å². The van der Waals surface area contributed by atoms with E-state index in [2.05, 4.69) is 60.4 Å². The molecule has 5 aliphatic rings. The van der Waals surface area contributed by atoms with Gasteiger partial charge in [-0.1, -0.05) is 63.2 Å². The van der Waals surface area contributed by atoms with Gasteiger partial charge in [0.25, 0.3) is 11.8 Å². The van der Waals surface area contributed by atoms with Crippen molar-refractivity contribution in [3.05, 3.63) is 54.0 Å². The fraction of sp³-hybridized carbons (Fsp3) is 0.594. The number of nitrogen functional groups attached to an aromatic ring is 1. The third kappa shape index (κ3) is 5.47. The van der Waals surface area contributed by atoms with Crippen molar-refractivity contribution in [3.63, 3.8) is 0 Å². The maximum absolute atomic E-state index is 14.3. The molecule has 2 aliphatic heterocycles. The Morgan fingerprint density at radius 1 is 1.11 bits per heavy atom. The van der Waals surface area contributed by atoms with Crippen molar-refractivity contribution in [1.29, 1.82) is 0 Å². The summed E-state index contributed by atoms with van der Waals surface area (Å²) in [5.41, 5.74) is 5.85. The predicted molar refractivity (Wildman–Crippen MR) is 166 cm³/mol. The lowest BCUT2D eigenvalue weighted by atomic mass is 9.43. The van der Waals surface area contributed by atoms with Crippen molar-refractivity contribution in [2.75, 3.05) is 12.3 Å². The van der Waals surface area contributed by atoms with Gasteiger partial charge in [0.05, 0.1) is 29.9 Å². The van der Waals surface area contributed by atoms with Crippen LogP contribution in [0.4, 0.5) is 5.82 Å². The van der Waals surface area contributed by atoms with E-state index in [1.54, 1.807) is 0 Å². The van der Waals surface area contributed by atoms with Gasteiger partial charge in [-0.25, -0.2) is 9.97 Å².